The quantitative estimate of drug-likeness (QED) is 0.534. The third-order valence-electron chi connectivity index (χ3n) is 6.32. The zero-order valence-electron chi connectivity index (χ0n) is 11.1. The lowest BCUT2D eigenvalue weighted by atomic mass is 9.60. The number of quaternary nitrogens is 2. The van der Waals surface area contributed by atoms with Crippen LogP contribution >= 0.6 is 0 Å². The number of piperidine rings is 2. The van der Waals surface area contributed by atoms with Crippen LogP contribution in [-0.4, -0.2) is 37.6 Å². The highest BCUT2D eigenvalue weighted by molar-refractivity contribution is 5.91. The van der Waals surface area contributed by atoms with Gasteiger partial charge in [-0.05, 0) is 26.7 Å². The first-order valence-corrected chi connectivity index (χ1v) is 7.24. The molecule has 1 aliphatic carbocycles. The maximum absolute atomic E-state index is 12.6. The van der Waals surface area contributed by atoms with Crippen molar-refractivity contribution in [2.75, 3.05) is 26.2 Å². The van der Waals surface area contributed by atoms with E-state index < -0.39 is 0 Å². The van der Waals surface area contributed by atoms with Crippen molar-refractivity contribution in [3.05, 3.63) is 0 Å². The number of Topliss-reactive ketones (excluding diaryl/α,β-unsaturated/α-hetero) is 1. The Morgan fingerprint density at radius 3 is 1.71 bits per heavy atom. The summed E-state index contributed by atoms with van der Waals surface area (Å²) in [6, 6.07) is 0. The van der Waals surface area contributed by atoms with Crippen molar-refractivity contribution in [1.29, 1.82) is 0 Å². The van der Waals surface area contributed by atoms with E-state index in [-0.39, 0.29) is 10.8 Å². The second-order valence-corrected chi connectivity index (χ2v) is 7.65. The van der Waals surface area contributed by atoms with Crippen molar-refractivity contribution < 1.29 is 14.6 Å². The Balaban J connectivity index is 1.81. The highest BCUT2D eigenvalue weighted by Crippen LogP contribution is 2.38. The van der Waals surface area contributed by atoms with E-state index in [9.17, 15) is 4.79 Å². The Morgan fingerprint density at radius 1 is 0.882 bits per heavy atom. The molecule has 17 heavy (non-hydrogen) atoms. The molecule has 4 saturated heterocycles. The molecule has 94 valence electrons. The van der Waals surface area contributed by atoms with Crippen LogP contribution in [0.5, 0.6) is 0 Å². The highest BCUT2D eigenvalue weighted by atomic mass is 16.1. The lowest BCUT2D eigenvalue weighted by Gasteiger charge is -2.63. The first kappa shape index (κ1) is 10.5. The van der Waals surface area contributed by atoms with Gasteiger partial charge in [0.15, 0.2) is 5.78 Å². The number of ketones is 1. The van der Waals surface area contributed by atoms with Crippen LogP contribution in [0.25, 0.3) is 0 Å². The summed E-state index contributed by atoms with van der Waals surface area (Å²) >= 11 is 0. The number of carbonyl (C=O) groups excluding carboxylic acids is 1. The zero-order chi connectivity index (χ0) is 11.9. The van der Waals surface area contributed by atoms with Crippen LogP contribution in [0.4, 0.5) is 0 Å². The molecule has 5 aliphatic rings. The van der Waals surface area contributed by atoms with Crippen LogP contribution in [0, 0.1) is 10.8 Å². The minimum atomic E-state index is -0.0102. The predicted molar refractivity (Wildman–Crippen MR) is 63.8 cm³/mol. The van der Waals surface area contributed by atoms with E-state index >= 15 is 0 Å². The normalized spacial score (nSPS) is 54.8. The van der Waals surface area contributed by atoms with Crippen molar-refractivity contribution in [1.82, 2.24) is 0 Å². The van der Waals surface area contributed by atoms with Gasteiger partial charge in [0.1, 0.15) is 10.8 Å². The highest BCUT2D eigenvalue weighted by Gasteiger charge is 2.73. The number of carbonyl (C=O) groups is 1. The molecular weight excluding hydrogens is 212 g/mol. The van der Waals surface area contributed by atoms with Gasteiger partial charge in [0.2, 0.25) is 5.66 Å². The first-order valence-electron chi connectivity index (χ1n) is 7.24. The molecular formula is C14H24N2O+2. The van der Waals surface area contributed by atoms with Gasteiger partial charge >= 0.3 is 0 Å². The molecule has 0 unspecified atom stereocenters. The zero-order valence-corrected chi connectivity index (χ0v) is 11.1. The van der Waals surface area contributed by atoms with E-state index in [1.54, 1.807) is 9.80 Å². The number of nitrogens with one attached hydrogen (secondary N) is 2. The molecule has 0 amide bonds. The Kier molecular flexibility index (Phi) is 1.71. The molecule has 4 bridgehead atoms. The lowest BCUT2D eigenvalue weighted by molar-refractivity contribution is -1.20. The lowest BCUT2D eigenvalue weighted by Crippen LogP contribution is -3.49. The molecule has 3 heteroatoms. The van der Waals surface area contributed by atoms with Gasteiger partial charge in [0.05, 0.1) is 39.0 Å². The van der Waals surface area contributed by atoms with Crippen LogP contribution < -0.4 is 9.80 Å². The van der Waals surface area contributed by atoms with E-state index in [2.05, 4.69) is 13.8 Å². The molecule has 1 spiro atoms. The van der Waals surface area contributed by atoms with Crippen molar-refractivity contribution in [3.63, 3.8) is 0 Å². The van der Waals surface area contributed by atoms with E-state index in [0.717, 1.165) is 26.2 Å². The molecule has 3 nitrogen and oxygen atoms in total. The minimum absolute atomic E-state index is 0.0102. The summed E-state index contributed by atoms with van der Waals surface area (Å²) < 4.78 is 0. The Bertz CT molecular complexity index is 355. The second-order valence-electron chi connectivity index (χ2n) is 7.65. The number of hydrogen-bond donors (Lipinski definition) is 2. The Labute approximate surface area is 103 Å². The van der Waals surface area contributed by atoms with Crippen molar-refractivity contribution >= 4 is 5.78 Å². The summed E-state index contributed by atoms with van der Waals surface area (Å²) in [7, 11) is 0. The molecule has 0 aromatic heterocycles. The topological polar surface area (TPSA) is 26.0 Å². The average Bonchev–Trinajstić information content (AvgIpc) is 2.70. The van der Waals surface area contributed by atoms with Crippen molar-refractivity contribution in [2.45, 2.75) is 45.2 Å². The fourth-order valence-corrected chi connectivity index (χ4v) is 5.80. The summed E-state index contributed by atoms with van der Waals surface area (Å²) in [5.41, 5.74) is 0.493. The van der Waals surface area contributed by atoms with E-state index in [0.29, 0.717) is 11.4 Å². The second kappa shape index (κ2) is 2.77. The summed E-state index contributed by atoms with van der Waals surface area (Å²) in [5, 5.41) is 0. The van der Waals surface area contributed by atoms with E-state index in [4.69, 9.17) is 0 Å². The Morgan fingerprint density at radius 2 is 1.29 bits per heavy atom. The molecule has 0 radical (unpaired) electrons. The van der Waals surface area contributed by atoms with Gasteiger partial charge in [0, 0.05) is 0 Å². The molecule has 2 N–H and O–H groups in total. The van der Waals surface area contributed by atoms with Crippen LogP contribution in [0.3, 0.4) is 0 Å². The summed E-state index contributed by atoms with van der Waals surface area (Å²) in [6.07, 6.45) is 5.62. The average molecular weight is 236 g/mol. The summed E-state index contributed by atoms with van der Waals surface area (Å²) in [6.45, 7) is 8.92. The SMILES string of the molecule is CC12C[NH+]3CC(C)(C[NH+](C1)C31CCCC1)C2=O. The van der Waals surface area contributed by atoms with E-state index in [1.807, 2.05) is 0 Å². The third-order valence-corrected chi connectivity index (χ3v) is 6.32. The Hall–Kier alpha value is -0.410. The van der Waals surface area contributed by atoms with Crippen molar-refractivity contribution in [3.8, 4) is 0 Å². The van der Waals surface area contributed by atoms with Gasteiger partial charge in [-0.25, -0.2) is 0 Å². The van der Waals surface area contributed by atoms with Gasteiger partial charge in [-0.3, -0.25) is 14.6 Å². The third kappa shape index (κ3) is 1.04. The summed E-state index contributed by atoms with van der Waals surface area (Å²) in [5.74, 6) is 0.574. The smallest absolute Gasteiger partial charge is 0.222 e. The van der Waals surface area contributed by atoms with Crippen LogP contribution in [-0.2, 0) is 4.79 Å². The van der Waals surface area contributed by atoms with Crippen LogP contribution in [0.15, 0.2) is 0 Å². The van der Waals surface area contributed by atoms with Gasteiger partial charge in [-0.1, -0.05) is 0 Å². The standard InChI is InChI=1S/C14H22N2O/c1-12-7-15-9-13(2,11(12)17)10-16(8-12)14(15)5-3-4-6-14/h3-10H2,1-2H3/p+2. The molecule has 0 aromatic rings. The fourth-order valence-electron chi connectivity index (χ4n) is 5.80. The summed E-state index contributed by atoms with van der Waals surface area (Å²) in [4.78, 5) is 16.1. The number of hydrogen-bond acceptors (Lipinski definition) is 1. The first-order chi connectivity index (χ1) is 7.99. The molecule has 1 saturated carbocycles. The van der Waals surface area contributed by atoms with Crippen LogP contribution in [0.1, 0.15) is 39.5 Å². The van der Waals surface area contributed by atoms with Gasteiger partial charge in [0.25, 0.3) is 0 Å². The maximum atomic E-state index is 12.6. The number of rotatable bonds is 0. The van der Waals surface area contributed by atoms with Gasteiger partial charge < -0.3 is 0 Å². The van der Waals surface area contributed by atoms with Crippen molar-refractivity contribution in [2.24, 2.45) is 10.8 Å². The minimum Gasteiger partial charge on any atom is -0.297 e. The molecule has 4 aliphatic heterocycles. The monoisotopic (exact) mass is 236 g/mol. The predicted octanol–water partition coefficient (Wildman–Crippen LogP) is -1.35. The fraction of sp³-hybridized carbons (Fsp3) is 0.929. The van der Waals surface area contributed by atoms with Gasteiger partial charge in [-0.15, -0.1) is 0 Å². The maximum Gasteiger partial charge on any atom is 0.222 e. The molecule has 5 rings (SSSR count). The molecule has 0 atom stereocenters. The molecule has 5 fully saturated rings. The largest absolute Gasteiger partial charge is 0.297 e. The van der Waals surface area contributed by atoms with E-state index in [1.165, 1.54) is 25.7 Å². The van der Waals surface area contributed by atoms with Crippen LogP contribution in [0.2, 0.25) is 0 Å². The molecule has 0 aromatic carbocycles. The van der Waals surface area contributed by atoms with Gasteiger partial charge in [-0.2, -0.15) is 0 Å². The molecule has 4 heterocycles.